The number of anilines is 1. The van der Waals surface area contributed by atoms with Gasteiger partial charge >= 0.3 is 6.03 Å². The summed E-state index contributed by atoms with van der Waals surface area (Å²) >= 11 is 0. The molecule has 23 heavy (non-hydrogen) atoms. The van der Waals surface area contributed by atoms with Crippen molar-refractivity contribution in [2.45, 2.75) is 44.0 Å². The maximum Gasteiger partial charge on any atom is 0.323 e. The summed E-state index contributed by atoms with van der Waals surface area (Å²) in [4.78, 5) is 17.9. The predicted molar refractivity (Wildman–Crippen MR) is 86.6 cm³/mol. The van der Waals surface area contributed by atoms with E-state index < -0.39 is 15.6 Å². The van der Waals surface area contributed by atoms with Crippen LogP contribution in [-0.2, 0) is 10.0 Å². The van der Waals surface area contributed by atoms with Crippen LogP contribution in [0.1, 0.15) is 33.6 Å². The number of hydrogen-bond donors (Lipinski definition) is 2. The molecule has 1 saturated heterocycles. The number of carbonyl (C=O) groups excluding carboxylic acids is 1. The number of pyridine rings is 1. The Morgan fingerprint density at radius 1 is 1.26 bits per heavy atom. The molecule has 8 heteroatoms. The highest BCUT2D eigenvalue weighted by atomic mass is 32.2. The number of sulfonamides is 1. The van der Waals surface area contributed by atoms with Crippen LogP contribution in [0, 0.1) is 5.41 Å². The van der Waals surface area contributed by atoms with Gasteiger partial charge in [-0.15, -0.1) is 0 Å². The molecular formula is C15H22N4O3S. The van der Waals surface area contributed by atoms with E-state index in [1.807, 2.05) is 0 Å². The Morgan fingerprint density at radius 2 is 1.91 bits per heavy atom. The van der Waals surface area contributed by atoms with Gasteiger partial charge in [0.15, 0.2) is 0 Å². The Labute approximate surface area is 136 Å². The van der Waals surface area contributed by atoms with Gasteiger partial charge in [0.25, 0.3) is 0 Å². The van der Waals surface area contributed by atoms with Crippen molar-refractivity contribution in [3.63, 3.8) is 0 Å². The third-order valence-electron chi connectivity index (χ3n) is 4.02. The highest BCUT2D eigenvalue weighted by Crippen LogP contribution is 2.52. The largest absolute Gasteiger partial charge is 0.323 e. The van der Waals surface area contributed by atoms with E-state index in [2.05, 4.69) is 15.0 Å². The van der Waals surface area contributed by atoms with Crippen LogP contribution in [0.15, 0.2) is 23.2 Å². The van der Waals surface area contributed by atoms with Crippen LogP contribution < -0.4 is 10.0 Å². The molecule has 1 aliphatic carbocycles. The molecule has 1 aromatic rings. The first-order chi connectivity index (χ1) is 10.6. The Hall–Kier alpha value is -1.67. The van der Waals surface area contributed by atoms with E-state index in [1.54, 1.807) is 25.7 Å². The van der Waals surface area contributed by atoms with Gasteiger partial charge in [-0.2, -0.15) is 0 Å². The molecule has 0 radical (unpaired) electrons. The SMILES string of the molecule is CC(C)(C)NS(=O)(=O)c1ccc(NC(=O)N2CC3(CC3)C2)nc1. The number of nitrogens with zero attached hydrogens (tertiary/aromatic N) is 2. The van der Waals surface area contributed by atoms with E-state index in [4.69, 9.17) is 0 Å². The van der Waals surface area contributed by atoms with Gasteiger partial charge < -0.3 is 4.90 Å². The fraction of sp³-hybridized carbons (Fsp3) is 0.600. The van der Waals surface area contributed by atoms with Crippen LogP contribution in [0.3, 0.4) is 0 Å². The standard InChI is InChI=1S/C15H22N4O3S/c1-14(2,3)18-23(21,22)11-4-5-12(16-8-11)17-13(20)19-9-15(10-19)6-7-15/h4-5,8,18H,6-7,9-10H2,1-3H3,(H,16,17,20). The molecule has 7 nitrogen and oxygen atoms in total. The Bertz CT molecular complexity index is 710. The molecule has 1 aromatic heterocycles. The van der Waals surface area contributed by atoms with Gasteiger partial charge in [0, 0.05) is 30.2 Å². The summed E-state index contributed by atoms with van der Waals surface area (Å²) in [6.45, 7) is 6.92. The average molecular weight is 338 g/mol. The fourth-order valence-corrected chi connectivity index (χ4v) is 4.03. The highest BCUT2D eigenvalue weighted by molar-refractivity contribution is 7.89. The molecule has 0 unspecified atom stereocenters. The van der Waals surface area contributed by atoms with Crippen LogP contribution in [0.5, 0.6) is 0 Å². The lowest BCUT2D eigenvalue weighted by Crippen LogP contribution is -2.53. The third-order valence-corrected chi connectivity index (χ3v) is 5.76. The average Bonchev–Trinajstić information content (AvgIpc) is 3.15. The van der Waals surface area contributed by atoms with Gasteiger partial charge in [0.05, 0.1) is 0 Å². The predicted octanol–water partition coefficient (Wildman–Crippen LogP) is 1.79. The summed E-state index contributed by atoms with van der Waals surface area (Å²) in [7, 11) is -3.62. The second-order valence-electron chi connectivity index (χ2n) is 7.52. The summed E-state index contributed by atoms with van der Waals surface area (Å²) in [5, 5.41) is 2.70. The molecule has 3 rings (SSSR count). The molecule has 1 spiro atoms. The minimum atomic E-state index is -3.62. The van der Waals surface area contributed by atoms with Crippen molar-refractivity contribution in [2.24, 2.45) is 5.41 Å². The second kappa shape index (κ2) is 5.17. The number of aromatic nitrogens is 1. The fourth-order valence-electron chi connectivity index (χ4n) is 2.66. The van der Waals surface area contributed by atoms with Crippen LogP contribution in [0.4, 0.5) is 10.6 Å². The summed E-state index contributed by atoms with van der Waals surface area (Å²) in [5.74, 6) is 0.349. The van der Waals surface area contributed by atoms with Gasteiger partial charge in [-0.1, -0.05) is 0 Å². The number of urea groups is 1. The lowest BCUT2D eigenvalue weighted by Gasteiger charge is -2.39. The molecule has 126 valence electrons. The van der Waals surface area contributed by atoms with Crippen molar-refractivity contribution in [2.75, 3.05) is 18.4 Å². The van der Waals surface area contributed by atoms with Gasteiger partial charge in [0.2, 0.25) is 10.0 Å². The van der Waals surface area contributed by atoms with E-state index in [9.17, 15) is 13.2 Å². The van der Waals surface area contributed by atoms with Crippen molar-refractivity contribution < 1.29 is 13.2 Å². The third kappa shape index (κ3) is 3.64. The summed E-state index contributed by atoms with van der Waals surface area (Å²) in [5.41, 5.74) is -0.163. The zero-order valence-electron chi connectivity index (χ0n) is 13.6. The maximum atomic E-state index is 12.2. The summed E-state index contributed by atoms with van der Waals surface area (Å²) in [6, 6.07) is 2.76. The molecule has 2 fully saturated rings. The van der Waals surface area contributed by atoms with Crippen molar-refractivity contribution in [1.29, 1.82) is 0 Å². The monoisotopic (exact) mass is 338 g/mol. The number of hydrogen-bond acceptors (Lipinski definition) is 4. The van der Waals surface area contributed by atoms with Crippen LogP contribution >= 0.6 is 0 Å². The highest BCUT2D eigenvalue weighted by Gasteiger charge is 2.53. The van der Waals surface area contributed by atoms with Crippen LogP contribution in [0.2, 0.25) is 0 Å². The Morgan fingerprint density at radius 3 is 2.39 bits per heavy atom. The van der Waals surface area contributed by atoms with E-state index in [-0.39, 0.29) is 10.9 Å². The van der Waals surface area contributed by atoms with Gasteiger partial charge in [-0.05, 0) is 45.7 Å². The van der Waals surface area contributed by atoms with E-state index in [0.29, 0.717) is 11.2 Å². The first-order valence-electron chi connectivity index (χ1n) is 7.65. The minimum Gasteiger partial charge on any atom is -0.323 e. The van der Waals surface area contributed by atoms with Crippen LogP contribution in [0.25, 0.3) is 0 Å². The zero-order chi connectivity index (χ0) is 16.9. The van der Waals surface area contributed by atoms with Crippen molar-refractivity contribution in [3.05, 3.63) is 18.3 Å². The van der Waals surface area contributed by atoms with Gasteiger partial charge in [-0.3, -0.25) is 5.32 Å². The Balaban J connectivity index is 1.61. The zero-order valence-corrected chi connectivity index (χ0v) is 14.4. The number of nitrogens with one attached hydrogen (secondary N) is 2. The number of rotatable bonds is 3. The second-order valence-corrected chi connectivity index (χ2v) is 9.20. The number of amides is 2. The molecular weight excluding hydrogens is 316 g/mol. The molecule has 2 N–H and O–H groups in total. The van der Waals surface area contributed by atoms with Crippen molar-refractivity contribution in [1.82, 2.24) is 14.6 Å². The molecule has 0 bridgehead atoms. The molecule has 0 atom stereocenters. The lowest BCUT2D eigenvalue weighted by atomic mass is 9.98. The van der Waals surface area contributed by atoms with Gasteiger partial charge in [0.1, 0.15) is 10.7 Å². The normalized spacial score (nSPS) is 19.3. The van der Waals surface area contributed by atoms with Crippen molar-refractivity contribution in [3.8, 4) is 0 Å². The van der Waals surface area contributed by atoms with E-state index in [0.717, 1.165) is 13.1 Å². The number of carbonyl (C=O) groups is 1. The lowest BCUT2D eigenvalue weighted by molar-refractivity contribution is 0.116. The summed E-state index contributed by atoms with van der Waals surface area (Å²) in [6.07, 6.45) is 3.67. The van der Waals surface area contributed by atoms with Crippen molar-refractivity contribution >= 4 is 21.9 Å². The molecule has 0 aromatic carbocycles. The quantitative estimate of drug-likeness (QED) is 0.879. The van der Waals surface area contributed by atoms with E-state index >= 15 is 0 Å². The molecule has 1 aliphatic heterocycles. The molecule has 2 heterocycles. The maximum absolute atomic E-state index is 12.2. The molecule has 1 saturated carbocycles. The Kier molecular flexibility index (Phi) is 3.64. The number of likely N-dealkylation sites (tertiary alicyclic amines) is 1. The van der Waals surface area contributed by atoms with Crippen LogP contribution in [-0.4, -0.2) is 43.0 Å². The molecule has 2 amide bonds. The topological polar surface area (TPSA) is 91.4 Å². The van der Waals surface area contributed by atoms with E-state index in [1.165, 1.54) is 31.2 Å². The smallest absolute Gasteiger partial charge is 0.323 e. The first-order valence-corrected chi connectivity index (χ1v) is 9.13. The minimum absolute atomic E-state index is 0.0753. The first kappa shape index (κ1) is 16.2. The van der Waals surface area contributed by atoms with Gasteiger partial charge in [-0.25, -0.2) is 22.9 Å². The molecule has 2 aliphatic rings. The summed E-state index contributed by atoms with van der Waals surface area (Å²) < 4.78 is 26.9.